The number of halogens is 1. The van der Waals surface area contributed by atoms with Crippen molar-refractivity contribution in [3.05, 3.63) is 86.2 Å². The molecule has 0 aliphatic carbocycles. The maximum atomic E-state index is 13.4. The Morgan fingerprint density at radius 1 is 1.15 bits per heavy atom. The number of carbonyl (C=O) groups is 1. The number of amides is 1. The van der Waals surface area contributed by atoms with E-state index < -0.39 is 17.3 Å². The summed E-state index contributed by atoms with van der Waals surface area (Å²) in [6, 6.07) is 10.4. The number of hydrogen-bond donors (Lipinski definition) is 0. The second-order valence-electron chi connectivity index (χ2n) is 7.78. The van der Waals surface area contributed by atoms with Crippen molar-refractivity contribution < 1.29 is 9.21 Å². The van der Waals surface area contributed by atoms with E-state index in [-0.39, 0.29) is 23.6 Å². The van der Waals surface area contributed by atoms with Crippen molar-refractivity contribution in [2.24, 2.45) is 19.2 Å². The number of aryl methyl sites for hydroxylation is 1. The number of hydrazone groups is 1. The number of fused-ring (bicyclic) bond motifs is 1. The Kier molecular flexibility index (Phi) is 5.01. The highest BCUT2D eigenvalue weighted by Crippen LogP contribution is 2.33. The average Bonchev–Trinajstić information content (AvgIpc) is 3.56. The third-order valence-electron chi connectivity index (χ3n) is 5.74. The van der Waals surface area contributed by atoms with Crippen LogP contribution in [0.1, 0.15) is 23.8 Å². The van der Waals surface area contributed by atoms with Crippen molar-refractivity contribution in [2.45, 2.75) is 19.0 Å². The van der Waals surface area contributed by atoms with Crippen molar-refractivity contribution in [1.82, 2.24) is 23.7 Å². The van der Waals surface area contributed by atoms with E-state index in [0.29, 0.717) is 17.2 Å². The zero-order valence-corrected chi connectivity index (χ0v) is 18.6. The van der Waals surface area contributed by atoms with Crippen LogP contribution < -0.4 is 11.2 Å². The molecule has 11 heteroatoms. The molecule has 4 heterocycles. The van der Waals surface area contributed by atoms with Gasteiger partial charge in [0.25, 0.3) is 11.5 Å². The van der Waals surface area contributed by atoms with Gasteiger partial charge in [0.2, 0.25) is 0 Å². The monoisotopic (exact) mass is 466 g/mol. The minimum absolute atomic E-state index is 0.170. The van der Waals surface area contributed by atoms with E-state index in [1.54, 1.807) is 30.5 Å². The maximum Gasteiger partial charge on any atom is 0.332 e. The SMILES string of the molecule is Cn1c(=O)c2c(ncn2CC(=O)N2N=C(c3ccc(Cl)cc3)CC2c2ccco2)n(C)c1=O. The molecule has 0 bridgehead atoms. The van der Waals surface area contributed by atoms with Crippen LogP contribution >= 0.6 is 11.6 Å². The zero-order chi connectivity index (χ0) is 23.3. The lowest BCUT2D eigenvalue weighted by atomic mass is 10.0. The van der Waals surface area contributed by atoms with Crippen molar-refractivity contribution in [3.8, 4) is 0 Å². The van der Waals surface area contributed by atoms with Gasteiger partial charge in [-0.25, -0.2) is 14.8 Å². The lowest BCUT2D eigenvalue weighted by Crippen LogP contribution is -2.38. The molecule has 1 aromatic carbocycles. The van der Waals surface area contributed by atoms with Gasteiger partial charge in [-0.2, -0.15) is 5.10 Å². The predicted octanol–water partition coefficient (Wildman–Crippen LogP) is 2.06. The van der Waals surface area contributed by atoms with Gasteiger partial charge in [0, 0.05) is 25.5 Å². The zero-order valence-electron chi connectivity index (χ0n) is 17.8. The fraction of sp³-hybridized carbons (Fsp3) is 0.227. The van der Waals surface area contributed by atoms with Gasteiger partial charge in [-0.3, -0.25) is 18.7 Å². The van der Waals surface area contributed by atoms with Gasteiger partial charge in [-0.1, -0.05) is 23.7 Å². The molecule has 1 amide bonds. The van der Waals surface area contributed by atoms with Gasteiger partial charge < -0.3 is 8.98 Å². The molecule has 0 fully saturated rings. The average molecular weight is 467 g/mol. The molecule has 1 unspecified atom stereocenters. The Bertz CT molecular complexity index is 1510. The summed E-state index contributed by atoms with van der Waals surface area (Å²) >= 11 is 6.00. The largest absolute Gasteiger partial charge is 0.467 e. The normalized spacial score (nSPS) is 15.9. The highest BCUT2D eigenvalue weighted by Gasteiger charge is 2.35. The first kappa shape index (κ1) is 21.0. The summed E-state index contributed by atoms with van der Waals surface area (Å²) in [5.74, 6) is 0.250. The summed E-state index contributed by atoms with van der Waals surface area (Å²) in [5.41, 5.74) is 0.943. The molecule has 4 aromatic rings. The van der Waals surface area contributed by atoms with E-state index in [4.69, 9.17) is 16.0 Å². The van der Waals surface area contributed by atoms with E-state index in [1.807, 2.05) is 12.1 Å². The topological polar surface area (TPSA) is 108 Å². The molecular weight excluding hydrogens is 448 g/mol. The molecule has 1 atom stereocenters. The van der Waals surface area contributed by atoms with Crippen LogP contribution in [0.4, 0.5) is 0 Å². The summed E-state index contributed by atoms with van der Waals surface area (Å²) in [4.78, 5) is 42.4. The molecule has 0 N–H and O–H groups in total. The number of nitrogens with zero attached hydrogens (tertiary/aromatic N) is 6. The van der Waals surface area contributed by atoms with Gasteiger partial charge in [0.1, 0.15) is 18.3 Å². The quantitative estimate of drug-likeness (QED) is 0.457. The van der Waals surface area contributed by atoms with Crippen LogP contribution in [0.3, 0.4) is 0 Å². The number of hydrogen-bond acceptors (Lipinski definition) is 6. The Morgan fingerprint density at radius 2 is 1.91 bits per heavy atom. The molecule has 0 saturated carbocycles. The van der Waals surface area contributed by atoms with Crippen LogP contribution in [0, 0.1) is 0 Å². The first-order chi connectivity index (χ1) is 15.8. The van der Waals surface area contributed by atoms with Crippen LogP contribution in [-0.2, 0) is 25.4 Å². The predicted molar refractivity (Wildman–Crippen MR) is 121 cm³/mol. The van der Waals surface area contributed by atoms with Gasteiger partial charge in [0.15, 0.2) is 11.2 Å². The number of furan rings is 1. The lowest BCUT2D eigenvalue weighted by Gasteiger charge is -2.20. The minimum atomic E-state index is -0.521. The van der Waals surface area contributed by atoms with Crippen LogP contribution in [-0.4, -0.2) is 35.3 Å². The van der Waals surface area contributed by atoms with Crippen LogP contribution in [0.5, 0.6) is 0 Å². The van der Waals surface area contributed by atoms with Crippen molar-refractivity contribution >= 4 is 34.4 Å². The molecule has 5 rings (SSSR count). The van der Waals surface area contributed by atoms with E-state index >= 15 is 0 Å². The molecule has 0 spiro atoms. The number of aromatic nitrogens is 4. The minimum Gasteiger partial charge on any atom is -0.467 e. The van der Waals surface area contributed by atoms with Crippen molar-refractivity contribution in [3.63, 3.8) is 0 Å². The van der Waals surface area contributed by atoms with E-state index in [9.17, 15) is 14.4 Å². The molecule has 33 heavy (non-hydrogen) atoms. The van der Waals surface area contributed by atoms with E-state index in [2.05, 4.69) is 10.1 Å². The first-order valence-electron chi connectivity index (χ1n) is 10.1. The van der Waals surface area contributed by atoms with Crippen molar-refractivity contribution in [2.75, 3.05) is 0 Å². The molecule has 0 saturated heterocycles. The molecule has 1 aliphatic heterocycles. The van der Waals surface area contributed by atoms with Gasteiger partial charge in [-0.15, -0.1) is 0 Å². The lowest BCUT2D eigenvalue weighted by molar-refractivity contribution is -0.133. The number of carbonyl (C=O) groups excluding carboxylic acids is 1. The first-order valence-corrected chi connectivity index (χ1v) is 10.5. The second-order valence-corrected chi connectivity index (χ2v) is 8.21. The van der Waals surface area contributed by atoms with E-state index in [1.165, 1.54) is 34.6 Å². The van der Waals surface area contributed by atoms with Crippen LogP contribution in [0.2, 0.25) is 5.02 Å². The molecule has 1 aliphatic rings. The fourth-order valence-electron chi connectivity index (χ4n) is 3.99. The molecule has 168 valence electrons. The number of imidazole rings is 1. The smallest absolute Gasteiger partial charge is 0.332 e. The maximum absolute atomic E-state index is 13.4. The highest BCUT2D eigenvalue weighted by molar-refractivity contribution is 6.30. The summed E-state index contributed by atoms with van der Waals surface area (Å²) in [6.45, 7) is -0.182. The fourth-order valence-corrected chi connectivity index (χ4v) is 4.12. The van der Waals surface area contributed by atoms with Gasteiger partial charge in [-0.05, 0) is 29.8 Å². The third-order valence-corrected chi connectivity index (χ3v) is 5.99. The highest BCUT2D eigenvalue weighted by atomic mass is 35.5. The Morgan fingerprint density at radius 3 is 2.61 bits per heavy atom. The van der Waals surface area contributed by atoms with Crippen molar-refractivity contribution in [1.29, 1.82) is 0 Å². The summed E-state index contributed by atoms with van der Waals surface area (Å²) in [6.07, 6.45) is 3.39. The molecular formula is C22H19ClN6O4. The number of benzene rings is 1. The van der Waals surface area contributed by atoms with E-state index in [0.717, 1.165) is 15.8 Å². The summed E-state index contributed by atoms with van der Waals surface area (Å²) in [7, 11) is 2.92. The molecule has 10 nitrogen and oxygen atoms in total. The second kappa shape index (κ2) is 7.89. The molecule has 3 aromatic heterocycles. The molecule has 0 radical (unpaired) electrons. The summed E-state index contributed by atoms with van der Waals surface area (Å²) in [5, 5.41) is 6.57. The van der Waals surface area contributed by atoms with Gasteiger partial charge in [0.05, 0.1) is 18.3 Å². The Labute approximate surface area is 191 Å². The van der Waals surface area contributed by atoms with Crippen LogP contribution in [0.15, 0.2) is 68.1 Å². The Balaban J connectivity index is 1.52. The third kappa shape index (κ3) is 3.48. The summed E-state index contributed by atoms with van der Waals surface area (Å²) < 4.78 is 9.27. The standard InChI is InChI=1S/C22H19ClN6O4/c1-26-20-19(21(31)27(2)22(26)32)28(12-24-20)11-18(30)29-16(17-4-3-9-33-17)10-15(25-29)13-5-7-14(23)8-6-13/h3-9,12,16H,10-11H2,1-2H3. The number of rotatable bonds is 4. The van der Waals surface area contributed by atoms with Crippen LogP contribution in [0.25, 0.3) is 11.2 Å². The van der Waals surface area contributed by atoms with Gasteiger partial charge >= 0.3 is 5.69 Å². The Hall–Kier alpha value is -3.92.